The zero-order chi connectivity index (χ0) is 8.43. The number of hydrogen-bond donors (Lipinski definition) is 1. The number of aromatic carboxylic acids is 1. The van der Waals surface area contributed by atoms with Crippen LogP contribution in [0.3, 0.4) is 0 Å². The smallest absolute Gasteiger partial charge is 0.355 e. The van der Waals surface area contributed by atoms with E-state index < -0.39 is 5.97 Å². The molecule has 3 nitrogen and oxygen atoms in total. The monoisotopic (exact) mass is 279 g/mol. The molecular formula is C6H3Br2NO2. The van der Waals surface area contributed by atoms with Crippen LogP contribution in [0.25, 0.3) is 0 Å². The van der Waals surface area contributed by atoms with Crippen LogP contribution in [0.1, 0.15) is 10.5 Å². The number of nitrogens with zero attached hydrogens (tertiary/aromatic N) is 1. The molecule has 0 aliphatic rings. The predicted octanol–water partition coefficient (Wildman–Crippen LogP) is 2.30. The molecule has 1 aromatic heterocycles. The van der Waals surface area contributed by atoms with Crippen LogP contribution in [0.5, 0.6) is 0 Å². The maximum absolute atomic E-state index is 10.5. The van der Waals surface area contributed by atoms with Crippen molar-refractivity contribution in [3.63, 3.8) is 0 Å². The molecule has 0 atom stereocenters. The van der Waals surface area contributed by atoms with Crippen molar-refractivity contribution in [2.75, 3.05) is 0 Å². The van der Waals surface area contributed by atoms with E-state index in [0.29, 0.717) is 8.95 Å². The highest BCUT2D eigenvalue weighted by Gasteiger charge is 2.10. The largest absolute Gasteiger partial charge is 0.476 e. The second-order valence-electron chi connectivity index (χ2n) is 1.76. The minimum Gasteiger partial charge on any atom is -0.476 e. The maximum atomic E-state index is 10.5. The Morgan fingerprint density at radius 1 is 1.55 bits per heavy atom. The van der Waals surface area contributed by atoms with Crippen LogP contribution in [0.2, 0.25) is 0 Å². The Morgan fingerprint density at radius 2 is 2.18 bits per heavy atom. The lowest BCUT2D eigenvalue weighted by molar-refractivity contribution is 0.0689. The fraction of sp³-hybridized carbons (Fsp3) is 0. The topological polar surface area (TPSA) is 50.2 Å². The van der Waals surface area contributed by atoms with Crippen LogP contribution in [0.15, 0.2) is 21.2 Å². The van der Waals surface area contributed by atoms with E-state index in [9.17, 15) is 4.79 Å². The lowest BCUT2D eigenvalue weighted by Crippen LogP contribution is -2.00. The lowest BCUT2D eigenvalue weighted by atomic mass is 10.4. The van der Waals surface area contributed by atoms with Gasteiger partial charge in [-0.15, -0.1) is 0 Å². The van der Waals surface area contributed by atoms with E-state index >= 15 is 0 Å². The zero-order valence-electron chi connectivity index (χ0n) is 5.21. The molecule has 0 fully saturated rings. The van der Waals surface area contributed by atoms with Gasteiger partial charge in [0, 0.05) is 10.7 Å². The van der Waals surface area contributed by atoms with Crippen molar-refractivity contribution in [1.82, 2.24) is 4.98 Å². The summed E-state index contributed by atoms with van der Waals surface area (Å²) in [5.74, 6) is -1.04. The minimum absolute atomic E-state index is 0.0133. The van der Waals surface area contributed by atoms with E-state index in [1.165, 1.54) is 6.20 Å². The summed E-state index contributed by atoms with van der Waals surface area (Å²) in [6, 6.07) is 1.66. The number of carboxylic acids is 1. The van der Waals surface area contributed by atoms with Crippen molar-refractivity contribution in [1.29, 1.82) is 0 Å². The summed E-state index contributed by atoms with van der Waals surface area (Å²) in [5.41, 5.74) is 0.0133. The van der Waals surface area contributed by atoms with Gasteiger partial charge in [-0.25, -0.2) is 9.78 Å². The van der Waals surface area contributed by atoms with Gasteiger partial charge in [-0.3, -0.25) is 0 Å². The van der Waals surface area contributed by atoms with Crippen LogP contribution >= 0.6 is 31.9 Å². The van der Waals surface area contributed by atoms with Crippen LogP contribution in [-0.2, 0) is 0 Å². The third-order valence-corrected chi connectivity index (χ3v) is 3.04. The Kier molecular flexibility index (Phi) is 2.62. The van der Waals surface area contributed by atoms with Crippen LogP contribution < -0.4 is 0 Å². The fourth-order valence-corrected chi connectivity index (χ4v) is 1.28. The van der Waals surface area contributed by atoms with Gasteiger partial charge >= 0.3 is 5.97 Å². The van der Waals surface area contributed by atoms with Gasteiger partial charge in [0.15, 0.2) is 5.69 Å². The number of pyridine rings is 1. The fourth-order valence-electron chi connectivity index (χ4n) is 0.569. The third-order valence-electron chi connectivity index (χ3n) is 1.04. The van der Waals surface area contributed by atoms with Crippen molar-refractivity contribution in [2.24, 2.45) is 0 Å². The summed E-state index contributed by atoms with van der Waals surface area (Å²) in [6.45, 7) is 0. The van der Waals surface area contributed by atoms with Gasteiger partial charge in [0.25, 0.3) is 0 Å². The molecule has 1 aromatic rings. The highest BCUT2D eigenvalue weighted by molar-refractivity contribution is 9.13. The second-order valence-corrected chi connectivity index (χ2v) is 3.41. The van der Waals surface area contributed by atoms with E-state index in [1.807, 2.05) is 0 Å². The first kappa shape index (κ1) is 8.67. The molecule has 11 heavy (non-hydrogen) atoms. The predicted molar refractivity (Wildman–Crippen MR) is 46.6 cm³/mol. The minimum atomic E-state index is -1.04. The molecule has 0 aliphatic carbocycles. The Hall–Kier alpha value is -0.420. The summed E-state index contributed by atoms with van der Waals surface area (Å²) >= 11 is 6.25. The molecule has 1 N–H and O–H groups in total. The maximum Gasteiger partial charge on any atom is 0.355 e. The number of carboxylic acid groups (broad SMARTS) is 1. The van der Waals surface area contributed by atoms with Crippen molar-refractivity contribution in [3.05, 3.63) is 26.9 Å². The Morgan fingerprint density at radius 3 is 2.64 bits per heavy atom. The highest BCUT2D eigenvalue weighted by atomic mass is 79.9. The van der Waals surface area contributed by atoms with Crippen molar-refractivity contribution in [3.8, 4) is 0 Å². The molecule has 0 spiro atoms. The van der Waals surface area contributed by atoms with Crippen molar-refractivity contribution < 1.29 is 9.90 Å². The molecule has 0 saturated heterocycles. The molecule has 0 aromatic carbocycles. The number of rotatable bonds is 1. The van der Waals surface area contributed by atoms with E-state index in [-0.39, 0.29) is 5.69 Å². The zero-order valence-corrected chi connectivity index (χ0v) is 8.39. The highest BCUT2D eigenvalue weighted by Crippen LogP contribution is 2.24. The van der Waals surface area contributed by atoms with Crippen LogP contribution in [-0.4, -0.2) is 16.1 Å². The van der Waals surface area contributed by atoms with E-state index in [0.717, 1.165) is 0 Å². The number of halogens is 2. The second kappa shape index (κ2) is 3.32. The molecule has 1 rings (SSSR count). The molecule has 0 bridgehead atoms. The van der Waals surface area contributed by atoms with Gasteiger partial charge in [0.1, 0.15) is 0 Å². The molecule has 1 heterocycles. The molecule has 0 saturated carbocycles. The van der Waals surface area contributed by atoms with Crippen LogP contribution in [0, 0.1) is 0 Å². The Bertz CT molecular complexity index is 301. The first-order chi connectivity index (χ1) is 5.13. The van der Waals surface area contributed by atoms with Crippen molar-refractivity contribution >= 4 is 37.8 Å². The Labute approximate surface area is 79.7 Å². The summed E-state index contributed by atoms with van der Waals surface area (Å²) in [6.07, 6.45) is 1.43. The standard InChI is InChI=1S/C6H3Br2NO2/c7-3-1-2-9-5(4(3)8)6(10)11/h1-2H,(H,10,11). The number of aromatic nitrogens is 1. The van der Waals surface area contributed by atoms with Gasteiger partial charge in [-0.05, 0) is 37.9 Å². The third kappa shape index (κ3) is 1.78. The SMILES string of the molecule is O=C(O)c1nccc(Br)c1Br. The van der Waals surface area contributed by atoms with Gasteiger partial charge in [0.05, 0.1) is 4.47 Å². The molecular weight excluding hydrogens is 278 g/mol. The molecule has 58 valence electrons. The summed E-state index contributed by atoms with van der Waals surface area (Å²) in [5, 5.41) is 8.58. The Balaban J connectivity index is 3.27. The van der Waals surface area contributed by atoms with E-state index in [1.54, 1.807) is 6.07 Å². The first-order valence-electron chi connectivity index (χ1n) is 2.66. The van der Waals surface area contributed by atoms with E-state index in [4.69, 9.17) is 5.11 Å². The lowest BCUT2D eigenvalue weighted by Gasteiger charge is -1.97. The van der Waals surface area contributed by atoms with Crippen molar-refractivity contribution in [2.45, 2.75) is 0 Å². The van der Waals surface area contributed by atoms with Gasteiger partial charge in [-0.1, -0.05) is 0 Å². The average molecular weight is 281 g/mol. The quantitative estimate of drug-likeness (QED) is 0.859. The normalized spacial score (nSPS) is 9.64. The molecule has 5 heteroatoms. The van der Waals surface area contributed by atoms with Crippen LogP contribution in [0.4, 0.5) is 0 Å². The van der Waals surface area contributed by atoms with Gasteiger partial charge < -0.3 is 5.11 Å². The molecule has 0 unspecified atom stereocenters. The first-order valence-corrected chi connectivity index (χ1v) is 4.25. The number of hydrogen-bond acceptors (Lipinski definition) is 2. The van der Waals surface area contributed by atoms with Gasteiger partial charge in [-0.2, -0.15) is 0 Å². The molecule has 0 radical (unpaired) electrons. The van der Waals surface area contributed by atoms with Gasteiger partial charge in [0.2, 0.25) is 0 Å². The van der Waals surface area contributed by atoms with E-state index in [2.05, 4.69) is 36.8 Å². The molecule has 0 amide bonds. The summed E-state index contributed by atoms with van der Waals surface area (Å²) < 4.78 is 1.15. The summed E-state index contributed by atoms with van der Waals surface area (Å²) in [4.78, 5) is 14.1. The molecule has 0 aliphatic heterocycles. The average Bonchev–Trinajstić information content (AvgIpc) is 1.94. The summed E-state index contributed by atoms with van der Waals surface area (Å²) in [7, 11) is 0. The number of carbonyl (C=O) groups is 1.